The highest BCUT2D eigenvalue weighted by molar-refractivity contribution is 5.89. The smallest absolute Gasteiger partial charge is 0.282 e. The van der Waals surface area contributed by atoms with Crippen molar-refractivity contribution >= 4 is 28.1 Å². The molecule has 0 unspecified atom stereocenters. The molecule has 0 radical (unpaired) electrons. The minimum Gasteiger partial charge on any atom is -0.344 e. The number of pyridine rings is 2. The second kappa shape index (κ2) is 7.16. The molecule has 0 saturated carbocycles. The molecule has 0 spiro atoms. The minimum absolute atomic E-state index is 0.311. The van der Waals surface area contributed by atoms with E-state index in [9.17, 15) is 8.78 Å². The Bertz CT molecular complexity index is 1290. The molecule has 8 heteroatoms. The predicted octanol–water partition coefficient (Wildman–Crippen LogP) is 4.57. The van der Waals surface area contributed by atoms with Crippen LogP contribution in [0.1, 0.15) is 5.56 Å². The van der Waals surface area contributed by atoms with Crippen molar-refractivity contribution in [2.75, 3.05) is 23.3 Å². The lowest BCUT2D eigenvalue weighted by atomic mass is 10.1. The number of rotatable bonds is 5. The van der Waals surface area contributed by atoms with E-state index in [0.29, 0.717) is 17.3 Å². The Morgan fingerprint density at radius 1 is 1.06 bits per heavy atom. The Labute approximate surface area is 177 Å². The maximum atomic E-state index is 13.2. The molecule has 1 fully saturated rings. The van der Waals surface area contributed by atoms with E-state index >= 15 is 0 Å². The van der Waals surface area contributed by atoms with Crippen molar-refractivity contribution in [2.24, 2.45) is 7.05 Å². The lowest BCUT2D eigenvalue weighted by Gasteiger charge is -2.39. The number of hydrogen-bond acceptors (Lipinski definition) is 5. The van der Waals surface area contributed by atoms with Crippen molar-refractivity contribution in [3.63, 3.8) is 0 Å². The largest absolute Gasteiger partial charge is 0.344 e. The van der Waals surface area contributed by atoms with Crippen LogP contribution in [0.15, 0.2) is 67.9 Å². The Hall–Kier alpha value is -3.81. The molecule has 1 aliphatic heterocycles. The lowest BCUT2D eigenvalue weighted by Crippen LogP contribution is -2.56. The van der Waals surface area contributed by atoms with Crippen LogP contribution in [-0.2, 0) is 7.05 Å². The van der Waals surface area contributed by atoms with Crippen LogP contribution >= 0.6 is 0 Å². The van der Waals surface area contributed by atoms with Crippen LogP contribution in [0, 0.1) is 0 Å². The first-order chi connectivity index (χ1) is 14.9. The van der Waals surface area contributed by atoms with Crippen molar-refractivity contribution < 1.29 is 8.78 Å². The average molecular weight is 418 g/mol. The van der Waals surface area contributed by atoms with Gasteiger partial charge in [0, 0.05) is 41.7 Å². The molecule has 1 aromatic carbocycles. The first-order valence-corrected chi connectivity index (χ1v) is 9.80. The van der Waals surface area contributed by atoms with Crippen LogP contribution in [0.4, 0.5) is 20.4 Å². The van der Waals surface area contributed by atoms with Gasteiger partial charge in [0.15, 0.2) is 0 Å². The number of anilines is 2. The summed E-state index contributed by atoms with van der Waals surface area (Å²) < 4.78 is 28.3. The monoisotopic (exact) mass is 418 g/mol. The zero-order valence-corrected chi connectivity index (χ0v) is 16.9. The van der Waals surface area contributed by atoms with Crippen LogP contribution in [0.5, 0.6) is 0 Å². The molecule has 31 heavy (non-hydrogen) atoms. The molecule has 3 aromatic heterocycles. The van der Waals surface area contributed by atoms with Gasteiger partial charge in [-0.25, -0.2) is 23.7 Å². The Balaban J connectivity index is 1.37. The van der Waals surface area contributed by atoms with Gasteiger partial charge in [0.2, 0.25) is 0 Å². The quantitative estimate of drug-likeness (QED) is 0.515. The molecule has 6 nitrogen and oxygen atoms in total. The Kier molecular flexibility index (Phi) is 4.43. The molecular formula is C23H20F2N6. The summed E-state index contributed by atoms with van der Waals surface area (Å²) in [5.41, 5.74) is 3.48. The van der Waals surface area contributed by atoms with Crippen LogP contribution in [0.2, 0.25) is 0 Å². The fourth-order valence-corrected chi connectivity index (χ4v) is 3.68. The number of imidazole rings is 1. The number of benzene rings is 1. The SMILES string of the molecule is C=C(Nc1cc2cc(-c3cncn3C)ccc2cn1)c1ccnc(N2CC(F)(F)C2)c1. The lowest BCUT2D eigenvalue weighted by molar-refractivity contribution is -0.0267. The maximum absolute atomic E-state index is 13.2. The van der Waals surface area contributed by atoms with Gasteiger partial charge in [0.05, 0.1) is 31.3 Å². The fraction of sp³-hybridized carbons (Fsp3) is 0.174. The maximum Gasteiger partial charge on any atom is 0.282 e. The molecule has 1 aliphatic rings. The number of fused-ring (bicyclic) bond motifs is 1. The van der Waals surface area contributed by atoms with Crippen molar-refractivity contribution in [2.45, 2.75) is 5.92 Å². The van der Waals surface area contributed by atoms with E-state index in [0.717, 1.165) is 27.6 Å². The van der Waals surface area contributed by atoms with Gasteiger partial charge in [-0.05, 0) is 29.7 Å². The second-order valence-corrected chi connectivity index (χ2v) is 7.74. The summed E-state index contributed by atoms with van der Waals surface area (Å²) in [4.78, 5) is 14.4. The molecule has 5 rings (SSSR count). The molecule has 156 valence electrons. The fourth-order valence-electron chi connectivity index (χ4n) is 3.68. The van der Waals surface area contributed by atoms with Crippen molar-refractivity contribution in [1.82, 2.24) is 19.5 Å². The Morgan fingerprint density at radius 2 is 1.90 bits per heavy atom. The van der Waals surface area contributed by atoms with Crippen LogP contribution in [0.25, 0.3) is 27.7 Å². The van der Waals surface area contributed by atoms with Gasteiger partial charge in [-0.2, -0.15) is 0 Å². The highest BCUT2D eigenvalue weighted by atomic mass is 19.3. The third kappa shape index (κ3) is 3.72. The van der Waals surface area contributed by atoms with Crippen LogP contribution in [-0.4, -0.2) is 38.5 Å². The third-order valence-corrected chi connectivity index (χ3v) is 5.38. The standard InChI is InChI=1S/C23H20F2N6/c1-15(16-5-6-27-22(9-16)31-12-23(24,25)13-31)29-21-8-19-7-17(3-4-18(19)10-28-21)20-11-26-14-30(20)2/h3-11,14H,1,12-13H2,2H3,(H,28,29). The number of halogens is 2. The van der Waals surface area contributed by atoms with Crippen molar-refractivity contribution in [3.05, 3.63) is 73.5 Å². The van der Waals surface area contributed by atoms with Gasteiger partial charge in [-0.3, -0.25) is 0 Å². The van der Waals surface area contributed by atoms with E-state index < -0.39 is 5.92 Å². The molecule has 4 aromatic rings. The third-order valence-electron chi connectivity index (χ3n) is 5.38. The Morgan fingerprint density at radius 3 is 2.65 bits per heavy atom. The van der Waals surface area contributed by atoms with Gasteiger partial charge in [0.1, 0.15) is 11.6 Å². The molecule has 4 heterocycles. The average Bonchev–Trinajstić information content (AvgIpc) is 3.17. The number of nitrogens with zero attached hydrogens (tertiary/aromatic N) is 5. The first-order valence-electron chi connectivity index (χ1n) is 9.80. The normalized spacial score (nSPS) is 15.0. The summed E-state index contributed by atoms with van der Waals surface area (Å²) in [5, 5.41) is 5.27. The van der Waals surface area contributed by atoms with E-state index in [2.05, 4.69) is 32.9 Å². The highest BCUT2D eigenvalue weighted by Crippen LogP contribution is 2.32. The predicted molar refractivity (Wildman–Crippen MR) is 118 cm³/mol. The summed E-state index contributed by atoms with van der Waals surface area (Å²) in [5.74, 6) is -1.48. The molecule has 0 atom stereocenters. The summed E-state index contributed by atoms with van der Waals surface area (Å²) in [6.45, 7) is 3.46. The van der Waals surface area contributed by atoms with Gasteiger partial charge < -0.3 is 14.8 Å². The zero-order chi connectivity index (χ0) is 21.6. The number of alkyl halides is 2. The van der Waals surface area contributed by atoms with Gasteiger partial charge in [-0.15, -0.1) is 0 Å². The van der Waals surface area contributed by atoms with E-state index in [4.69, 9.17) is 0 Å². The van der Waals surface area contributed by atoms with Gasteiger partial charge >= 0.3 is 0 Å². The minimum atomic E-state index is -2.64. The topological polar surface area (TPSA) is 58.9 Å². The first kappa shape index (κ1) is 19.2. The van der Waals surface area contributed by atoms with Crippen LogP contribution < -0.4 is 10.2 Å². The van der Waals surface area contributed by atoms with Gasteiger partial charge in [-0.1, -0.05) is 18.7 Å². The number of aryl methyl sites for hydroxylation is 1. The molecule has 1 N–H and O–H groups in total. The van der Waals surface area contributed by atoms with Crippen molar-refractivity contribution in [3.8, 4) is 11.3 Å². The summed E-state index contributed by atoms with van der Waals surface area (Å²) in [6, 6.07) is 11.7. The number of hydrogen-bond donors (Lipinski definition) is 1. The van der Waals surface area contributed by atoms with Crippen molar-refractivity contribution in [1.29, 1.82) is 0 Å². The molecule has 0 bridgehead atoms. The van der Waals surface area contributed by atoms with E-state index in [1.54, 1.807) is 35.8 Å². The molecule has 1 saturated heterocycles. The molecular weight excluding hydrogens is 398 g/mol. The second-order valence-electron chi connectivity index (χ2n) is 7.74. The summed E-state index contributed by atoms with van der Waals surface area (Å²) in [7, 11) is 1.96. The highest BCUT2D eigenvalue weighted by Gasteiger charge is 2.44. The zero-order valence-electron chi connectivity index (χ0n) is 16.9. The van der Waals surface area contributed by atoms with Crippen LogP contribution in [0.3, 0.4) is 0 Å². The summed E-state index contributed by atoms with van der Waals surface area (Å²) in [6.07, 6.45) is 7.01. The number of aromatic nitrogens is 4. The summed E-state index contributed by atoms with van der Waals surface area (Å²) >= 11 is 0. The molecule has 0 amide bonds. The van der Waals surface area contributed by atoms with Gasteiger partial charge in [0.25, 0.3) is 5.92 Å². The van der Waals surface area contributed by atoms with E-state index in [1.807, 2.05) is 36.0 Å². The van der Waals surface area contributed by atoms with E-state index in [1.165, 1.54) is 0 Å². The molecule has 0 aliphatic carbocycles. The number of nitrogens with one attached hydrogen (secondary N) is 1. The van der Waals surface area contributed by atoms with E-state index in [-0.39, 0.29) is 13.1 Å².